The van der Waals surface area contributed by atoms with E-state index in [0.29, 0.717) is 47.4 Å². The quantitative estimate of drug-likeness (QED) is 0.296. The van der Waals surface area contributed by atoms with Crippen molar-refractivity contribution in [3.63, 3.8) is 0 Å². The van der Waals surface area contributed by atoms with E-state index in [4.69, 9.17) is 21.1 Å². The van der Waals surface area contributed by atoms with Gasteiger partial charge in [0, 0.05) is 18.0 Å². The smallest absolute Gasteiger partial charge is 0.408 e. The van der Waals surface area contributed by atoms with Crippen LogP contribution in [-0.2, 0) is 14.3 Å². The minimum atomic E-state index is -0.828. The Morgan fingerprint density at radius 3 is 2.44 bits per heavy atom. The largest absolute Gasteiger partial charge is 0.459 e. The fourth-order valence-electron chi connectivity index (χ4n) is 4.93. The number of aromatic nitrogens is 4. The van der Waals surface area contributed by atoms with E-state index in [1.165, 1.54) is 10.9 Å². The Bertz CT molecular complexity index is 1670. The van der Waals surface area contributed by atoms with Gasteiger partial charge < -0.3 is 19.7 Å². The molecular weight excluding hydrogens is 572 g/mol. The first-order valence-corrected chi connectivity index (χ1v) is 14.5. The van der Waals surface area contributed by atoms with Crippen molar-refractivity contribution in [1.82, 2.24) is 24.3 Å². The molecule has 5 rings (SSSR count). The fourth-order valence-corrected chi connectivity index (χ4v) is 5.06. The van der Waals surface area contributed by atoms with Crippen LogP contribution in [-0.4, -0.2) is 61.8 Å². The zero-order valence-corrected chi connectivity index (χ0v) is 25.5. The number of hydrogen-bond acceptors (Lipinski definition) is 8. The normalized spacial score (nSPS) is 16.0. The minimum absolute atomic E-state index is 0.183. The molecule has 0 bridgehead atoms. The number of rotatable bonds is 7. The van der Waals surface area contributed by atoms with Gasteiger partial charge in [-0.3, -0.25) is 4.57 Å². The summed E-state index contributed by atoms with van der Waals surface area (Å²) >= 11 is 6.04. The number of esters is 1. The molecule has 2 atom stereocenters. The maximum Gasteiger partial charge on any atom is 0.408 e. The molecule has 1 N–H and O–H groups in total. The molecule has 0 radical (unpaired) electrons. The summed E-state index contributed by atoms with van der Waals surface area (Å²) < 4.78 is 14.1. The summed E-state index contributed by atoms with van der Waals surface area (Å²) in [5.74, 6) is 0.0124. The lowest BCUT2D eigenvalue weighted by atomic mass is 10.0. The molecule has 12 heteroatoms. The number of nitrogens with one attached hydrogen (secondary N) is 1. The summed E-state index contributed by atoms with van der Waals surface area (Å²) in [7, 11) is 0. The number of pyridine rings is 1. The SMILES string of the molecule is CC(C)C(NC(=O)OC(C)(C)C)C(=O)O[C@@H]1CCN(c2ccc(-n3cnc4ccc(-c5ccc(Cl)cc5)n4c3=O)cn2)C1. The average Bonchev–Trinajstić information content (AvgIpc) is 3.59. The highest BCUT2D eigenvalue weighted by Crippen LogP contribution is 2.24. The lowest BCUT2D eigenvalue weighted by Gasteiger charge is -2.25. The Kier molecular flexibility index (Phi) is 8.45. The molecule has 0 aliphatic carbocycles. The summed E-state index contributed by atoms with van der Waals surface area (Å²) in [6.07, 6.45) is 2.71. The number of fused-ring (bicyclic) bond motifs is 1. The van der Waals surface area contributed by atoms with Gasteiger partial charge in [0.25, 0.3) is 0 Å². The monoisotopic (exact) mass is 606 g/mol. The number of ether oxygens (including phenoxy) is 2. The summed E-state index contributed by atoms with van der Waals surface area (Å²) in [6.45, 7) is 10.0. The molecule has 11 nitrogen and oxygen atoms in total. The van der Waals surface area contributed by atoms with Crippen molar-refractivity contribution in [3.8, 4) is 16.9 Å². The second kappa shape index (κ2) is 12.1. The van der Waals surface area contributed by atoms with Gasteiger partial charge in [0.1, 0.15) is 35.5 Å². The molecule has 1 aliphatic rings. The summed E-state index contributed by atoms with van der Waals surface area (Å²) in [5.41, 5.74) is 1.70. The number of hydrogen-bond donors (Lipinski definition) is 1. The second-order valence-electron chi connectivity index (χ2n) is 11.9. The van der Waals surface area contributed by atoms with Crippen LogP contribution in [0.15, 0.2) is 65.8 Å². The van der Waals surface area contributed by atoms with Crippen LogP contribution >= 0.6 is 11.6 Å². The zero-order chi connectivity index (χ0) is 30.9. The van der Waals surface area contributed by atoms with Gasteiger partial charge in [0.15, 0.2) is 0 Å². The number of halogens is 1. The molecule has 1 aliphatic heterocycles. The molecule has 0 spiro atoms. The van der Waals surface area contributed by atoms with Gasteiger partial charge in [-0.1, -0.05) is 37.6 Å². The highest BCUT2D eigenvalue weighted by molar-refractivity contribution is 6.30. The summed E-state index contributed by atoms with van der Waals surface area (Å²) in [4.78, 5) is 49.8. The van der Waals surface area contributed by atoms with Gasteiger partial charge in [-0.15, -0.1) is 0 Å². The molecule has 1 unspecified atom stereocenters. The van der Waals surface area contributed by atoms with E-state index in [2.05, 4.69) is 15.3 Å². The van der Waals surface area contributed by atoms with Gasteiger partial charge in [-0.25, -0.2) is 28.8 Å². The predicted molar refractivity (Wildman–Crippen MR) is 164 cm³/mol. The molecule has 226 valence electrons. The Morgan fingerprint density at radius 1 is 1.05 bits per heavy atom. The van der Waals surface area contributed by atoms with E-state index in [0.717, 1.165) is 5.56 Å². The van der Waals surface area contributed by atoms with Crippen LogP contribution in [0.3, 0.4) is 0 Å². The Morgan fingerprint density at radius 2 is 1.79 bits per heavy atom. The maximum atomic E-state index is 13.5. The van der Waals surface area contributed by atoms with Crippen molar-refractivity contribution in [2.45, 2.75) is 58.8 Å². The average molecular weight is 607 g/mol. The van der Waals surface area contributed by atoms with Crippen LogP contribution in [0.1, 0.15) is 41.0 Å². The highest BCUT2D eigenvalue weighted by atomic mass is 35.5. The third-order valence-electron chi connectivity index (χ3n) is 7.06. The van der Waals surface area contributed by atoms with Crippen LogP contribution in [0.5, 0.6) is 0 Å². The van der Waals surface area contributed by atoms with Gasteiger partial charge >= 0.3 is 17.8 Å². The summed E-state index contributed by atoms with van der Waals surface area (Å²) in [6, 6.07) is 13.7. The first kappa shape index (κ1) is 30.1. The Hall–Kier alpha value is -4.38. The first-order chi connectivity index (χ1) is 20.4. The van der Waals surface area contributed by atoms with E-state index in [9.17, 15) is 14.4 Å². The van der Waals surface area contributed by atoms with Crippen molar-refractivity contribution in [3.05, 3.63) is 76.6 Å². The molecular formula is C31H35ClN6O5. The minimum Gasteiger partial charge on any atom is -0.459 e. The van der Waals surface area contributed by atoms with Gasteiger partial charge in [-0.2, -0.15) is 0 Å². The lowest BCUT2D eigenvalue weighted by Crippen LogP contribution is -2.48. The van der Waals surface area contributed by atoms with Crippen LogP contribution in [0.25, 0.3) is 22.6 Å². The van der Waals surface area contributed by atoms with Crippen LogP contribution in [0.4, 0.5) is 10.6 Å². The molecule has 3 aromatic heterocycles. The molecule has 0 saturated carbocycles. The summed E-state index contributed by atoms with van der Waals surface area (Å²) in [5, 5.41) is 3.25. The van der Waals surface area contributed by atoms with E-state index >= 15 is 0 Å². The Balaban J connectivity index is 1.26. The molecule has 43 heavy (non-hydrogen) atoms. The Labute approximate surface area is 254 Å². The number of anilines is 1. The van der Waals surface area contributed by atoms with Crippen molar-refractivity contribution < 1.29 is 19.1 Å². The van der Waals surface area contributed by atoms with E-state index in [1.54, 1.807) is 49.6 Å². The van der Waals surface area contributed by atoms with Crippen LogP contribution in [0.2, 0.25) is 5.02 Å². The molecule has 1 amide bonds. The van der Waals surface area contributed by atoms with Crippen molar-refractivity contribution in [2.24, 2.45) is 5.92 Å². The molecule has 1 saturated heterocycles. The molecule has 1 fully saturated rings. The van der Waals surface area contributed by atoms with Crippen molar-refractivity contribution >= 4 is 35.1 Å². The number of carbonyl (C=O) groups is 2. The van der Waals surface area contributed by atoms with Crippen molar-refractivity contribution in [2.75, 3.05) is 18.0 Å². The van der Waals surface area contributed by atoms with E-state index in [-0.39, 0.29) is 17.7 Å². The number of alkyl carbamates (subject to hydrolysis) is 1. The topological polar surface area (TPSA) is 120 Å². The standard InChI is InChI=1S/C31H35ClN6O5/c1-19(2)27(35-29(40)43-31(3,4)5)28(39)42-23-14-15-36(17-23)25-12-10-22(16-33-25)37-18-34-26-13-11-24(38(26)30(37)41)20-6-8-21(32)9-7-20/h6-13,16,18-19,23,27H,14-15,17H2,1-5H3,(H,35,40)/t23-,27?/m1/s1. The van der Waals surface area contributed by atoms with E-state index in [1.807, 2.05) is 49.1 Å². The number of benzene rings is 1. The molecule has 4 aromatic rings. The van der Waals surface area contributed by atoms with Gasteiger partial charge in [0.2, 0.25) is 0 Å². The van der Waals surface area contributed by atoms with Crippen LogP contribution < -0.4 is 15.9 Å². The van der Waals surface area contributed by atoms with Gasteiger partial charge in [0.05, 0.1) is 24.1 Å². The maximum absolute atomic E-state index is 13.5. The first-order valence-electron chi connectivity index (χ1n) is 14.2. The third kappa shape index (κ3) is 6.83. The number of carbonyl (C=O) groups excluding carboxylic acids is 2. The van der Waals surface area contributed by atoms with Gasteiger partial charge in [-0.05, 0) is 68.7 Å². The number of nitrogens with zero attached hydrogens (tertiary/aromatic N) is 5. The second-order valence-corrected chi connectivity index (χ2v) is 12.3. The van der Waals surface area contributed by atoms with E-state index < -0.39 is 23.7 Å². The third-order valence-corrected chi connectivity index (χ3v) is 7.31. The van der Waals surface area contributed by atoms with Crippen molar-refractivity contribution in [1.29, 1.82) is 0 Å². The lowest BCUT2D eigenvalue weighted by molar-refractivity contribution is -0.151. The van der Waals surface area contributed by atoms with Crippen LogP contribution in [0, 0.1) is 5.92 Å². The highest BCUT2D eigenvalue weighted by Gasteiger charge is 2.33. The number of amides is 1. The molecule has 4 heterocycles. The predicted octanol–water partition coefficient (Wildman–Crippen LogP) is 4.87. The zero-order valence-electron chi connectivity index (χ0n) is 24.8. The molecule has 1 aromatic carbocycles. The fraction of sp³-hybridized carbons (Fsp3) is 0.387.